The van der Waals surface area contributed by atoms with E-state index in [4.69, 9.17) is 10.8 Å². The van der Waals surface area contributed by atoms with Gasteiger partial charge >= 0.3 is 0 Å². The molecule has 1 unspecified atom stereocenters. The van der Waals surface area contributed by atoms with Gasteiger partial charge in [0.25, 0.3) is 5.91 Å². The molecule has 0 bridgehead atoms. The standard InChI is InChI=1S/C16H22N2O2S/c1-12-11-15(21-14(12)7-2-8-17)16(20)18-9-3-5-13(18)6-4-10-19/h11,13,19H,3-6,8-10,17H2,1H3. The molecule has 1 aliphatic heterocycles. The SMILES string of the molecule is Cc1cc(C(=O)N2CCCC2CCCO)sc1C#CCN. The van der Waals surface area contributed by atoms with Gasteiger partial charge in [-0.05, 0) is 44.2 Å². The van der Waals surface area contributed by atoms with Crippen LogP contribution < -0.4 is 5.73 Å². The molecule has 0 aliphatic carbocycles. The van der Waals surface area contributed by atoms with Crippen LogP contribution in [0.15, 0.2) is 6.07 Å². The maximum Gasteiger partial charge on any atom is 0.264 e. The van der Waals surface area contributed by atoms with E-state index in [2.05, 4.69) is 11.8 Å². The van der Waals surface area contributed by atoms with Crippen LogP contribution >= 0.6 is 11.3 Å². The lowest BCUT2D eigenvalue weighted by Crippen LogP contribution is -2.35. The average Bonchev–Trinajstić information content (AvgIpc) is 3.09. The van der Waals surface area contributed by atoms with E-state index in [0.29, 0.717) is 6.54 Å². The molecule has 21 heavy (non-hydrogen) atoms. The number of amides is 1. The first-order valence-electron chi connectivity index (χ1n) is 7.38. The van der Waals surface area contributed by atoms with Crippen molar-refractivity contribution in [1.29, 1.82) is 0 Å². The molecule has 5 heteroatoms. The summed E-state index contributed by atoms with van der Waals surface area (Å²) < 4.78 is 0. The second-order valence-corrected chi connectivity index (χ2v) is 6.34. The molecule has 2 rings (SSSR count). The van der Waals surface area contributed by atoms with Gasteiger partial charge in [-0.1, -0.05) is 11.8 Å². The van der Waals surface area contributed by atoms with Gasteiger partial charge in [0.05, 0.1) is 16.3 Å². The van der Waals surface area contributed by atoms with Gasteiger partial charge in [0, 0.05) is 19.2 Å². The second kappa shape index (κ2) is 7.60. The highest BCUT2D eigenvalue weighted by molar-refractivity contribution is 7.14. The third-order valence-corrected chi connectivity index (χ3v) is 4.91. The lowest BCUT2D eigenvalue weighted by Gasteiger charge is -2.24. The number of carbonyl (C=O) groups excluding carboxylic acids is 1. The van der Waals surface area contributed by atoms with E-state index in [1.165, 1.54) is 11.3 Å². The van der Waals surface area contributed by atoms with Crippen LogP contribution in [0, 0.1) is 18.8 Å². The van der Waals surface area contributed by atoms with Crippen molar-refractivity contribution in [3.8, 4) is 11.8 Å². The first kappa shape index (κ1) is 16.0. The molecule has 0 spiro atoms. The molecule has 1 saturated heterocycles. The van der Waals surface area contributed by atoms with Gasteiger partial charge in [-0.15, -0.1) is 11.3 Å². The van der Waals surface area contributed by atoms with Crippen molar-refractivity contribution in [2.24, 2.45) is 5.73 Å². The second-order valence-electron chi connectivity index (χ2n) is 5.29. The first-order chi connectivity index (χ1) is 10.2. The fraction of sp³-hybridized carbons (Fsp3) is 0.562. The molecule has 0 aromatic carbocycles. The van der Waals surface area contributed by atoms with Crippen molar-refractivity contribution in [3.05, 3.63) is 21.4 Å². The number of likely N-dealkylation sites (tertiary alicyclic amines) is 1. The number of thiophene rings is 1. The summed E-state index contributed by atoms with van der Waals surface area (Å²) >= 11 is 1.45. The normalized spacial score (nSPS) is 17.7. The zero-order valence-corrected chi connectivity index (χ0v) is 13.2. The number of nitrogens with zero attached hydrogens (tertiary/aromatic N) is 1. The summed E-state index contributed by atoms with van der Waals surface area (Å²) in [5.74, 6) is 5.96. The smallest absolute Gasteiger partial charge is 0.264 e. The van der Waals surface area contributed by atoms with Crippen molar-refractivity contribution in [2.45, 2.75) is 38.6 Å². The topological polar surface area (TPSA) is 66.6 Å². The van der Waals surface area contributed by atoms with Crippen LogP contribution in [0.2, 0.25) is 0 Å². The third kappa shape index (κ3) is 3.85. The molecule has 1 fully saturated rings. The molecular formula is C16H22N2O2S. The van der Waals surface area contributed by atoms with Crippen molar-refractivity contribution in [3.63, 3.8) is 0 Å². The molecule has 3 N–H and O–H groups in total. The number of aliphatic hydroxyl groups excluding tert-OH is 1. The Bertz CT molecular complexity index is 556. The highest BCUT2D eigenvalue weighted by Crippen LogP contribution is 2.27. The Morgan fingerprint density at radius 2 is 2.43 bits per heavy atom. The third-order valence-electron chi connectivity index (χ3n) is 3.77. The molecule has 2 heterocycles. The average molecular weight is 306 g/mol. The first-order valence-corrected chi connectivity index (χ1v) is 8.20. The highest BCUT2D eigenvalue weighted by Gasteiger charge is 2.29. The van der Waals surface area contributed by atoms with Gasteiger partial charge in [-0.25, -0.2) is 0 Å². The lowest BCUT2D eigenvalue weighted by atomic mass is 10.1. The zero-order chi connectivity index (χ0) is 15.2. The van der Waals surface area contributed by atoms with Crippen LogP contribution in [0.5, 0.6) is 0 Å². The Morgan fingerprint density at radius 1 is 1.62 bits per heavy atom. The number of nitrogens with two attached hydrogens (primary N) is 1. The quantitative estimate of drug-likeness (QED) is 0.833. The van der Waals surface area contributed by atoms with Crippen LogP contribution in [0.4, 0.5) is 0 Å². The summed E-state index contributed by atoms with van der Waals surface area (Å²) in [4.78, 5) is 16.3. The van der Waals surface area contributed by atoms with Crippen molar-refractivity contribution < 1.29 is 9.90 Å². The molecule has 1 amide bonds. The van der Waals surface area contributed by atoms with Gasteiger partial charge in [0.1, 0.15) is 0 Å². The van der Waals surface area contributed by atoms with Crippen LogP contribution in [0.1, 0.15) is 45.8 Å². The van der Waals surface area contributed by atoms with E-state index in [1.807, 2.05) is 17.9 Å². The van der Waals surface area contributed by atoms with Crippen LogP contribution in [0.25, 0.3) is 0 Å². The van der Waals surface area contributed by atoms with Crippen LogP contribution in [0.3, 0.4) is 0 Å². The summed E-state index contributed by atoms with van der Waals surface area (Å²) in [7, 11) is 0. The van der Waals surface area contributed by atoms with E-state index < -0.39 is 0 Å². The van der Waals surface area contributed by atoms with Crippen molar-refractivity contribution in [1.82, 2.24) is 4.90 Å². The maximum atomic E-state index is 12.7. The lowest BCUT2D eigenvalue weighted by molar-refractivity contribution is 0.0729. The van der Waals surface area contributed by atoms with E-state index >= 15 is 0 Å². The largest absolute Gasteiger partial charge is 0.396 e. The number of aryl methyl sites for hydroxylation is 1. The molecule has 1 aliphatic rings. The number of rotatable bonds is 4. The monoisotopic (exact) mass is 306 g/mol. The molecule has 1 atom stereocenters. The highest BCUT2D eigenvalue weighted by atomic mass is 32.1. The van der Waals surface area contributed by atoms with Gasteiger partial charge in [-0.3, -0.25) is 4.79 Å². The Hall–Kier alpha value is -1.35. The number of hydrogen-bond acceptors (Lipinski definition) is 4. The Morgan fingerprint density at radius 3 is 3.14 bits per heavy atom. The van der Waals surface area contributed by atoms with Crippen LogP contribution in [-0.4, -0.2) is 41.7 Å². The minimum absolute atomic E-state index is 0.101. The van der Waals surface area contributed by atoms with Gasteiger partial charge in [-0.2, -0.15) is 0 Å². The summed E-state index contributed by atoms with van der Waals surface area (Å²) in [5, 5.41) is 8.96. The van der Waals surface area contributed by atoms with Gasteiger partial charge in [0.2, 0.25) is 0 Å². The Balaban J connectivity index is 2.12. The zero-order valence-electron chi connectivity index (χ0n) is 12.4. The Labute approximate surface area is 129 Å². The van der Waals surface area contributed by atoms with Crippen molar-refractivity contribution >= 4 is 17.2 Å². The summed E-state index contributed by atoms with van der Waals surface area (Å²) in [6.07, 6.45) is 3.72. The molecule has 1 aromatic rings. The minimum Gasteiger partial charge on any atom is -0.396 e. The van der Waals surface area contributed by atoms with Gasteiger partial charge in [0.15, 0.2) is 0 Å². The summed E-state index contributed by atoms with van der Waals surface area (Å²) in [6.45, 7) is 3.31. The maximum absolute atomic E-state index is 12.7. The van der Waals surface area contributed by atoms with Crippen LogP contribution in [-0.2, 0) is 0 Å². The minimum atomic E-state index is 0.101. The summed E-state index contributed by atoms with van der Waals surface area (Å²) in [6, 6.07) is 2.19. The summed E-state index contributed by atoms with van der Waals surface area (Å²) in [5.41, 5.74) is 6.43. The predicted octanol–water partition coefficient (Wildman–Crippen LogP) is 1.74. The molecule has 0 saturated carbocycles. The van der Waals surface area contributed by atoms with Crippen molar-refractivity contribution in [2.75, 3.05) is 19.7 Å². The van der Waals surface area contributed by atoms with Gasteiger partial charge < -0.3 is 15.7 Å². The molecule has 0 radical (unpaired) electrons. The van der Waals surface area contributed by atoms with E-state index in [9.17, 15) is 4.79 Å². The van der Waals surface area contributed by atoms with E-state index in [1.54, 1.807) is 0 Å². The molecular weight excluding hydrogens is 284 g/mol. The van der Waals surface area contributed by atoms with E-state index in [0.717, 1.165) is 47.5 Å². The molecule has 4 nitrogen and oxygen atoms in total. The fourth-order valence-electron chi connectivity index (χ4n) is 2.71. The predicted molar refractivity (Wildman–Crippen MR) is 85.4 cm³/mol. The molecule has 114 valence electrons. The fourth-order valence-corrected chi connectivity index (χ4v) is 3.72. The van der Waals surface area contributed by atoms with E-state index in [-0.39, 0.29) is 18.6 Å². The Kier molecular flexibility index (Phi) is 5.80. The number of hydrogen-bond donors (Lipinski definition) is 2. The number of aliphatic hydroxyl groups is 1. The molecule has 1 aromatic heterocycles. The number of carbonyl (C=O) groups is 1.